The summed E-state index contributed by atoms with van der Waals surface area (Å²) in [6.45, 7) is 0. The number of amides is 3. The number of carbonyl (C=O) groups excluding carboxylic acids is 3. The van der Waals surface area contributed by atoms with E-state index >= 15 is 0 Å². The molecule has 2 atom stereocenters. The molecule has 11 heteroatoms. The lowest BCUT2D eigenvalue weighted by molar-refractivity contribution is -0.384. The van der Waals surface area contributed by atoms with Gasteiger partial charge in [0.1, 0.15) is 11.5 Å². The molecule has 4 aliphatic rings. The number of nitrogens with zero attached hydrogens (tertiary/aromatic N) is 3. The molecule has 3 amide bonds. The Labute approximate surface area is 236 Å². The number of aromatic amines is 1. The lowest BCUT2D eigenvalue weighted by Crippen LogP contribution is -2.51. The fourth-order valence-electron chi connectivity index (χ4n) is 5.73. The van der Waals surface area contributed by atoms with Crippen molar-refractivity contribution in [2.75, 3.05) is 5.32 Å². The summed E-state index contributed by atoms with van der Waals surface area (Å²) < 4.78 is 0. The second-order valence-corrected chi connectivity index (χ2v) is 11.3. The Morgan fingerprint density at radius 1 is 1.02 bits per heavy atom. The summed E-state index contributed by atoms with van der Waals surface area (Å²) in [6.07, 6.45) is 11.4. The third-order valence-electron chi connectivity index (χ3n) is 8.25. The highest BCUT2D eigenvalue weighted by Gasteiger charge is 2.38. The normalized spacial score (nSPS) is 21.4. The van der Waals surface area contributed by atoms with Crippen LogP contribution in [-0.2, 0) is 9.59 Å². The van der Waals surface area contributed by atoms with Crippen LogP contribution in [-0.4, -0.2) is 49.6 Å². The molecule has 3 fully saturated rings. The molecule has 2 bridgehead atoms. The van der Waals surface area contributed by atoms with Gasteiger partial charge in [0.25, 0.3) is 11.6 Å². The molecule has 2 unspecified atom stereocenters. The van der Waals surface area contributed by atoms with E-state index in [1.165, 1.54) is 24.3 Å². The van der Waals surface area contributed by atoms with Gasteiger partial charge in [-0.25, -0.2) is 4.98 Å². The van der Waals surface area contributed by atoms with Gasteiger partial charge in [0.05, 0.1) is 11.0 Å². The minimum atomic E-state index is -0.462. The number of nitrogens with two attached hydrogens (primary N) is 1. The number of non-ortho nitro benzene ring substituents is 1. The van der Waals surface area contributed by atoms with Crippen molar-refractivity contribution in [3.05, 3.63) is 69.9 Å². The summed E-state index contributed by atoms with van der Waals surface area (Å²) >= 11 is 0. The SMILES string of the molecule is NC(=O)C1CC1.O=C(Nc1cc(C2=CC3CCCC(C2)N3C(=O)c2ccc([N+](=O)[O-])cc2)c2cc[nH]c2n1)C1CC1. The van der Waals surface area contributed by atoms with Gasteiger partial charge in [-0.1, -0.05) is 6.08 Å². The van der Waals surface area contributed by atoms with E-state index < -0.39 is 4.92 Å². The van der Waals surface area contributed by atoms with Crippen LogP contribution in [0.2, 0.25) is 0 Å². The fraction of sp³-hybridized carbons (Fsp3) is 0.400. The molecule has 0 radical (unpaired) electrons. The van der Waals surface area contributed by atoms with Crippen molar-refractivity contribution in [3.8, 4) is 0 Å². The van der Waals surface area contributed by atoms with Gasteiger partial charge in [-0.2, -0.15) is 0 Å². The zero-order valence-corrected chi connectivity index (χ0v) is 22.5. The van der Waals surface area contributed by atoms with Gasteiger partial charge < -0.3 is 20.9 Å². The lowest BCUT2D eigenvalue weighted by Gasteiger charge is -2.45. The van der Waals surface area contributed by atoms with Crippen LogP contribution in [0.3, 0.4) is 0 Å². The monoisotopic (exact) mass is 556 g/mol. The number of fused-ring (bicyclic) bond motifs is 3. The Hall–Kier alpha value is -4.54. The highest BCUT2D eigenvalue weighted by atomic mass is 16.6. The average molecular weight is 557 g/mol. The molecule has 2 aliphatic heterocycles. The van der Waals surface area contributed by atoms with E-state index in [4.69, 9.17) is 5.73 Å². The second-order valence-electron chi connectivity index (χ2n) is 11.3. The van der Waals surface area contributed by atoms with Crippen molar-refractivity contribution in [2.45, 2.75) is 63.5 Å². The zero-order valence-electron chi connectivity index (χ0n) is 22.5. The van der Waals surface area contributed by atoms with Crippen LogP contribution in [0.25, 0.3) is 16.6 Å². The number of hydrogen-bond acceptors (Lipinski definition) is 6. The molecule has 41 heavy (non-hydrogen) atoms. The minimum absolute atomic E-state index is 0.0173. The molecule has 3 aromatic rings. The molecule has 2 saturated carbocycles. The lowest BCUT2D eigenvalue weighted by atomic mass is 9.82. The second kappa shape index (κ2) is 10.8. The van der Waals surface area contributed by atoms with Crippen LogP contribution in [0.5, 0.6) is 0 Å². The molecule has 1 saturated heterocycles. The number of primary amides is 1. The number of benzene rings is 1. The van der Waals surface area contributed by atoms with E-state index in [2.05, 4.69) is 21.4 Å². The van der Waals surface area contributed by atoms with Crippen LogP contribution in [0, 0.1) is 22.0 Å². The summed E-state index contributed by atoms with van der Waals surface area (Å²) in [5, 5.41) is 14.9. The number of nitro benzene ring substituents is 1. The predicted molar refractivity (Wildman–Crippen MR) is 153 cm³/mol. The number of pyridine rings is 1. The fourth-order valence-corrected chi connectivity index (χ4v) is 5.73. The Balaban J connectivity index is 0.000000449. The maximum absolute atomic E-state index is 13.4. The molecule has 4 heterocycles. The number of piperidine rings is 1. The van der Waals surface area contributed by atoms with E-state index in [1.54, 1.807) is 0 Å². The molecule has 1 aromatic carbocycles. The van der Waals surface area contributed by atoms with Crippen molar-refractivity contribution in [1.29, 1.82) is 0 Å². The number of nitro groups is 1. The summed E-state index contributed by atoms with van der Waals surface area (Å²) in [6, 6.07) is 9.78. The Morgan fingerprint density at radius 2 is 1.76 bits per heavy atom. The molecule has 7 rings (SSSR count). The van der Waals surface area contributed by atoms with Crippen molar-refractivity contribution in [2.24, 2.45) is 17.6 Å². The first kappa shape index (κ1) is 26.7. The van der Waals surface area contributed by atoms with Crippen LogP contribution in [0.1, 0.15) is 67.3 Å². The number of anilines is 1. The third kappa shape index (κ3) is 5.70. The highest BCUT2D eigenvalue weighted by molar-refractivity contribution is 5.99. The quantitative estimate of drug-likeness (QED) is 0.298. The number of carbonyl (C=O) groups is 3. The van der Waals surface area contributed by atoms with Crippen LogP contribution >= 0.6 is 0 Å². The van der Waals surface area contributed by atoms with Crippen LogP contribution in [0.15, 0.2) is 48.7 Å². The topological polar surface area (TPSA) is 164 Å². The van der Waals surface area contributed by atoms with Gasteiger partial charge in [-0.05, 0) is 86.8 Å². The summed E-state index contributed by atoms with van der Waals surface area (Å²) in [5.41, 5.74) is 8.20. The molecule has 2 aliphatic carbocycles. The maximum atomic E-state index is 13.4. The van der Waals surface area contributed by atoms with E-state index in [0.29, 0.717) is 17.8 Å². The standard InChI is InChI=1S/C26H25N5O4.C4H7NO/c32-25(15-4-5-15)29-23-14-22(21-10-11-27-24(21)28-23)17-12-19-2-1-3-20(13-17)30(19)26(33)16-6-8-18(9-7-16)31(34)35;5-4(6)3-1-2-3/h6-12,14-15,19-20H,1-5,13H2,(H2,27,28,29,32);3H,1-2H2,(H2,5,6). The first-order valence-corrected chi connectivity index (χ1v) is 14.1. The van der Waals surface area contributed by atoms with Gasteiger partial charge in [0.2, 0.25) is 11.8 Å². The van der Waals surface area contributed by atoms with Crippen molar-refractivity contribution in [1.82, 2.24) is 14.9 Å². The number of aromatic nitrogens is 2. The smallest absolute Gasteiger partial charge is 0.269 e. The van der Waals surface area contributed by atoms with Gasteiger partial charge in [-0.3, -0.25) is 24.5 Å². The highest BCUT2D eigenvalue weighted by Crippen LogP contribution is 2.40. The molecule has 0 spiro atoms. The number of hydrogen-bond donors (Lipinski definition) is 3. The summed E-state index contributed by atoms with van der Waals surface area (Å²) in [5.74, 6) is 0.668. The van der Waals surface area contributed by atoms with E-state index in [9.17, 15) is 24.5 Å². The van der Waals surface area contributed by atoms with Gasteiger partial charge in [0.15, 0.2) is 0 Å². The molecule has 2 aromatic heterocycles. The Morgan fingerprint density at radius 3 is 2.37 bits per heavy atom. The molecular weight excluding hydrogens is 524 g/mol. The summed E-state index contributed by atoms with van der Waals surface area (Å²) in [7, 11) is 0. The van der Waals surface area contributed by atoms with Gasteiger partial charge in [0, 0.05) is 47.2 Å². The molecule has 4 N–H and O–H groups in total. The van der Waals surface area contributed by atoms with Crippen LogP contribution < -0.4 is 11.1 Å². The van der Waals surface area contributed by atoms with E-state index in [-0.39, 0.29) is 47.3 Å². The molecule has 11 nitrogen and oxygen atoms in total. The van der Waals surface area contributed by atoms with Crippen LogP contribution in [0.4, 0.5) is 11.5 Å². The Kier molecular flexibility index (Phi) is 7.02. The maximum Gasteiger partial charge on any atom is 0.269 e. The van der Waals surface area contributed by atoms with Gasteiger partial charge >= 0.3 is 0 Å². The third-order valence-corrected chi connectivity index (χ3v) is 8.25. The predicted octanol–water partition coefficient (Wildman–Crippen LogP) is 4.55. The summed E-state index contributed by atoms with van der Waals surface area (Å²) in [4.78, 5) is 56.0. The first-order chi connectivity index (χ1) is 19.8. The van der Waals surface area contributed by atoms with E-state index in [1.807, 2.05) is 23.2 Å². The van der Waals surface area contributed by atoms with Gasteiger partial charge in [-0.15, -0.1) is 0 Å². The van der Waals surface area contributed by atoms with Crippen molar-refractivity contribution in [3.63, 3.8) is 0 Å². The number of nitrogens with one attached hydrogen (secondary N) is 2. The largest absolute Gasteiger partial charge is 0.369 e. The molecular formula is C30H32N6O5. The molecule has 212 valence electrons. The van der Waals surface area contributed by atoms with E-state index in [0.717, 1.165) is 67.1 Å². The Bertz CT molecular complexity index is 1550. The minimum Gasteiger partial charge on any atom is -0.369 e. The number of H-pyrrole nitrogens is 1. The van der Waals surface area contributed by atoms with Crippen molar-refractivity contribution >= 4 is 45.8 Å². The first-order valence-electron chi connectivity index (χ1n) is 14.1. The zero-order chi connectivity index (χ0) is 28.7. The number of rotatable bonds is 6. The van der Waals surface area contributed by atoms with Crippen molar-refractivity contribution < 1.29 is 19.3 Å². The average Bonchev–Trinajstić information content (AvgIpc) is 3.89.